The first kappa shape index (κ1) is 13.9. The molecule has 1 N–H and O–H groups in total. The van der Waals surface area contributed by atoms with Gasteiger partial charge < -0.3 is 5.32 Å². The van der Waals surface area contributed by atoms with E-state index in [1.165, 1.54) is 0 Å². The van der Waals surface area contributed by atoms with Crippen LogP contribution in [0.5, 0.6) is 0 Å². The zero-order valence-corrected chi connectivity index (χ0v) is 12.3. The fourth-order valence-corrected chi connectivity index (χ4v) is 1.98. The molecule has 0 radical (unpaired) electrons. The summed E-state index contributed by atoms with van der Waals surface area (Å²) in [5.41, 5.74) is 3.14. The van der Waals surface area contributed by atoms with E-state index in [1.807, 2.05) is 50.2 Å². The highest BCUT2D eigenvalue weighted by molar-refractivity contribution is 6.02. The van der Waals surface area contributed by atoms with E-state index in [9.17, 15) is 4.79 Å². The standard InChI is InChI=1S/C16H15N5O/c1-11-5-7-13(8-6-11)21-10-14(19-20-21)16(22)18-15-12(2)4-3-9-17-15/h3-10H,1-2H3,(H,17,18,22). The first-order chi connectivity index (χ1) is 10.6. The minimum absolute atomic E-state index is 0.241. The molecule has 2 heterocycles. The van der Waals surface area contributed by atoms with Gasteiger partial charge in [-0.3, -0.25) is 4.79 Å². The molecule has 22 heavy (non-hydrogen) atoms. The smallest absolute Gasteiger partial charge is 0.279 e. The van der Waals surface area contributed by atoms with Gasteiger partial charge in [0.2, 0.25) is 0 Å². The van der Waals surface area contributed by atoms with Crippen molar-refractivity contribution in [2.75, 3.05) is 5.32 Å². The number of benzene rings is 1. The van der Waals surface area contributed by atoms with Gasteiger partial charge in [0.15, 0.2) is 5.69 Å². The Morgan fingerprint density at radius 2 is 1.91 bits per heavy atom. The van der Waals surface area contributed by atoms with Crippen LogP contribution < -0.4 is 5.32 Å². The Morgan fingerprint density at radius 3 is 2.64 bits per heavy atom. The topological polar surface area (TPSA) is 72.7 Å². The van der Waals surface area contributed by atoms with E-state index in [2.05, 4.69) is 20.6 Å². The summed E-state index contributed by atoms with van der Waals surface area (Å²) in [5.74, 6) is 0.192. The fourth-order valence-electron chi connectivity index (χ4n) is 1.98. The number of nitrogens with one attached hydrogen (secondary N) is 1. The van der Waals surface area contributed by atoms with Gasteiger partial charge in [0.05, 0.1) is 11.9 Å². The maximum atomic E-state index is 12.2. The molecule has 0 saturated carbocycles. The Balaban J connectivity index is 1.80. The normalized spacial score (nSPS) is 10.5. The lowest BCUT2D eigenvalue weighted by molar-refractivity contribution is 0.102. The summed E-state index contributed by atoms with van der Waals surface area (Å²) >= 11 is 0. The molecule has 0 atom stereocenters. The van der Waals surface area contributed by atoms with E-state index in [4.69, 9.17) is 0 Å². The number of carbonyl (C=O) groups excluding carboxylic acids is 1. The molecule has 6 heteroatoms. The summed E-state index contributed by atoms with van der Waals surface area (Å²) < 4.78 is 1.57. The number of hydrogen-bond acceptors (Lipinski definition) is 4. The number of carbonyl (C=O) groups is 1. The molecule has 0 spiro atoms. The van der Waals surface area contributed by atoms with Gasteiger partial charge in [0.25, 0.3) is 5.91 Å². The number of nitrogens with zero attached hydrogens (tertiary/aromatic N) is 4. The van der Waals surface area contributed by atoms with Gasteiger partial charge in [-0.2, -0.15) is 0 Å². The predicted octanol–water partition coefficient (Wildman–Crippen LogP) is 2.53. The summed E-state index contributed by atoms with van der Waals surface area (Å²) in [7, 11) is 0. The first-order valence-corrected chi connectivity index (χ1v) is 6.86. The predicted molar refractivity (Wildman–Crippen MR) is 83.0 cm³/mol. The second-order valence-corrected chi connectivity index (χ2v) is 5.01. The average molecular weight is 293 g/mol. The van der Waals surface area contributed by atoms with Crippen molar-refractivity contribution >= 4 is 11.7 Å². The fraction of sp³-hybridized carbons (Fsp3) is 0.125. The van der Waals surface area contributed by atoms with Crippen LogP contribution in [0, 0.1) is 13.8 Å². The molecule has 1 amide bonds. The highest BCUT2D eigenvalue weighted by Gasteiger charge is 2.13. The van der Waals surface area contributed by atoms with Crippen LogP contribution in [0.25, 0.3) is 5.69 Å². The van der Waals surface area contributed by atoms with E-state index < -0.39 is 0 Å². The van der Waals surface area contributed by atoms with E-state index in [-0.39, 0.29) is 11.6 Å². The number of amides is 1. The van der Waals surface area contributed by atoms with Crippen molar-refractivity contribution in [3.63, 3.8) is 0 Å². The van der Waals surface area contributed by atoms with Crippen LogP contribution >= 0.6 is 0 Å². The molecule has 2 aromatic heterocycles. The monoisotopic (exact) mass is 293 g/mol. The van der Waals surface area contributed by atoms with Gasteiger partial charge in [-0.15, -0.1) is 5.10 Å². The maximum absolute atomic E-state index is 12.2. The summed E-state index contributed by atoms with van der Waals surface area (Å²) in [5, 5.41) is 10.6. The molecule has 0 aliphatic heterocycles. The Kier molecular flexibility index (Phi) is 3.65. The Bertz CT molecular complexity index is 807. The second kappa shape index (κ2) is 5.77. The van der Waals surface area contributed by atoms with Crippen molar-refractivity contribution in [1.29, 1.82) is 0 Å². The van der Waals surface area contributed by atoms with Crippen LogP contribution in [0.2, 0.25) is 0 Å². The lowest BCUT2D eigenvalue weighted by Gasteiger charge is -2.04. The summed E-state index contributed by atoms with van der Waals surface area (Å²) in [6, 6.07) is 11.5. The number of aromatic nitrogens is 4. The Morgan fingerprint density at radius 1 is 1.14 bits per heavy atom. The largest absolute Gasteiger partial charge is 0.305 e. The molecule has 0 unspecified atom stereocenters. The van der Waals surface area contributed by atoms with Crippen molar-refractivity contribution in [3.8, 4) is 5.69 Å². The van der Waals surface area contributed by atoms with Gasteiger partial charge in [-0.25, -0.2) is 9.67 Å². The van der Waals surface area contributed by atoms with Crippen molar-refractivity contribution in [1.82, 2.24) is 20.0 Å². The molecule has 0 fully saturated rings. The number of pyridine rings is 1. The van der Waals surface area contributed by atoms with Gasteiger partial charge in [0, 0.05) is 6.20 Å². The number of rotatable bonds is 3. The van der Waals surface area contributed by atoms with Crippen molar-refractivity contribution in [3.05, 3.63) is 65.6 Å². The third-order valence-corrected chi connectivity index (χ3v) is 3.27. The molecule has 3 aromatic rings. The second-order valence-electron chi connectivity index (χ2n) is 5.01. The molecule has 0 aliphatic carbocycles. The lowest BCUT2D eigenvalue weighted by atomic mass is 10.2. The van der Waals surface area contributed by atoms with Gasteiger partial charge in [-0.1, -0.05) is 29.0 Å². The number of hydrogen-bond donors (Lipinski definition) is 1. The summed E-state index contributed by atoms with van der Waals surface area (Å²) in [6.45, 7) is 3.89. The van der Waals surface area contributed by atoms with Crippen LogP contribution in [-0.2, 0) is 0 Å². The minimum Gasteiger partial charge on any atom is -0.305 e. The molecule has 1 aromatic carbocycles. The quantitative estimate of drug-likeness (QED) is 0.805. The van der Waals surface area contributed by atoms with Crippen LogP contribution in [-0.4, -0.2) is 25.9 Å². The number of anilines is 1. The third kappa shape index (κ3) is 2.85. The molecular formula is C16H15N5O. The zero-order valence-electron chi connectivity index (χ0n) is 12.3. The molecule has 0 aliphatic rings. The average Bonchev–Trinajstić information content (AvgIpc) is 3.00. The minimum atomic E-state index is -0.333. The molecular weight excluding hydrogens is 278 g/mol. The molecule has 110 valence electrons. The molecule has 0 bridgehead atoms. The van der Waals surface area contributed by atoms with E-state index >= 15 is 0 Å². The van der Waals surface area contributed by atoms with E-state index in [1.54, 1.807) is 17.1 Å². The highest BCUT2D eigenvalue weighted by atomic mass is 16.2. The van der Waals surface area contributed by atoms with Crippen molar-refractivity contribution < 1.29 is 4.79 Å². The van der Waals surface area contributed by atoms with E-state index in [0.717, 1.165) is 16.8 Å². The van der Waals surface area contributed by atoms with Crippen molar-refractivity contribution in [2.45, 2.75) is 13.8 Å². The van der Waals surface area contributed by atoms with Gasteiger partial charge in [0.1, 0.15) is 5.82 Å². The molecule has 0 saturated heterocycles. The lowest BCUT2D eigenvalue weighted by Crippen LogP contribution is -2.14. The van der Waals surface area contributed by atoms with E-state index in [0.29, 0.717) is 5.82 Å². The zero-order chi connectivity index (χ0) is 15.5. The summed E-state index contributed by atoms with van der Waals surface area (Å²) in [6.07, 6.45) is 3.23. The SMILES string of the molecule is Cc1ccc(-n2cc(C(=O)Nc3ncccc3C)nn2)cc1. The van der Waals surface area contributed by atoms with Crippen LogP contribution in [0.4, 0.5) is 5.82 Å². The molecule has 6 nitrogen and oxygen atoms in total. The Labute approximate surface area is 127 Å². The summed E-state index contributed by atoms with van der Waals surface area (Å²) in [4.78, 5) is 16.3. The molecule has 3 rings (SSSR count). The van der Waals surface area contributed by atoms with Crippen molar-refractivity contribution in [2.24, 2.45) is 0 Å². The first-order valence-electron chi connectivity index (χ1n) is 6.86. The Hall–Kier alpha value is -3.02. The van der Waals surface area contributed by atoms with Crippen LogP contribution in [0.15, 0.2) is 48.8 Å². The van der Waals surface area contributed by atoms with Gasteiger partial charge >= 0.3 is 0 Å². The number of aryl methyl sites for hydroxylation is 2. The van der Waals surface area contributed by atoms with Crippen LogP contribution in [0.1, 0.15) is 21.6 Å². The van der Waals surface area contributed by atoms with Gasteiger partial charge in [-0.05, 0) is 37.6 Å². The highest BCUT2D eigenvalue weighted by Crippen LogP contribution is 2.12. The van der Waals surface area contributed by atoms with Crippen LogP contribution in [0.3, 0.4) is 0 Å². The maximum Gasteiger partial charge on any atom is 0.279 e. The third-order valence-electron chi connectivity index (χ3n) is 3.27.